The molecular formula is C16H19NO2. The van der Waals surface area contributed by atoms with Gasteiger partial charge in [-0.05, 0) is 35.2 Å². The molecule has 0 aliphatic rings. The van der Waals surface area contributed by atoms with Gasteiger partial charge >= 0.3 is 0 Å². The maximum atomic E-state index is 5.59. The van der Waals surface area contributed by atoms with Crippen LogP contribution in [0.15, 0.2) is 42.5 Å². The van der Waals surface area contributed by atoms with Crippen LogP contribution in [0.25, 0.3) is 0 Å². The predicted octanol–water partition coefficient (Wildman–Crippen LogP) is 2.75. The Labute approximate surface area is 114 Å². The molecule has 0 radical (unpaired) electrons. The normalized spacial score (nSPS) is 10.3. The van der Waals surface area contributed by atoms with Gasteiger partial charge in [-0.25, -0.2) is 0 Å². The van der Waals surface area contributed by atoms with Crippen molar-refractivity contribution in [2.75, 3.05) is 14.2 Å². The first-order valence-corrected chi connectivity index (χ1v) is 6.25. The van der Waals surface area contributed by atoms with Crippen molar-refractivity contribution in [3.8, 4) is 11.5 Å². The van der Waals surface area contributed by atoms with Gasteiger partial charge in [0, 0.05) is 6.54 Å². The van der Waals surface area contributed by atoms with Gasteiger partial charge in [-0.2, -0.15) is 0 Å². The molecule has 0 spiro atoms. The van der Waals surface area contributed by atoms with E-state index in [2.05, 4.69) is 30.3 Å². The van der Waals surface area contributed by atoms with Gasteiger partial charge in [-0.1, -0.05) is 30.3 Å². The molecule has 3 nitrogen and oxygen atoms in total. The largest absolute Gasteiger partial charge is 0.493 e. The van der Waals surface area contributed by atoms with E-state index < -0.39 is 0 Å². The fraction of sp³-hybridized carbons (Fsp3) is 0.250. The minimum atomic E-state index is 0.580. The van der Waals surface area contributed by atoms with Crippen LogP contribution in [0.1, 0.15) is 16.7 Å². The van der Waals surface area contributed by atoms with Crippen LogP contribution in [0.2, 0.25) is 0 Å². The zero-order chi connectivity index (χ0) is 13.7. The number of benzene rings is 2. The van der Waals surface area contributed by atoms with Gasteiger partial charge in [0.1, 0.15) is 0 Å². The monoisotopic (exact) mass is 257 g/mol. The molecule has 0 amide bonds. The average molecular weight is 257 g/mol. The number of rotatable bonds is 5. The Kier molecular flexibility index (Phi) is 4.42. The third-order valence-electron chi connectivity index (χ3n) is 3.11. The molecule has 100 valence electrons. The summed E-state index contributed by atoms with van der Waals surface area (Å²) >= 11 is 0. The van der Waals surface area contributed by atoms with Crippen molar-refractivity contribution in [1.82, 2.24) is 0 Å². The third kappa shape index (κ3) is 3.26. The molecule has 0 unspecified atom stereocenters. The zero-order valence-corrected chi connectivity index (χ0v) is 11.3. The highest BCUT2D eigenvalue weighted by molar-refractivity contribution is 5.44. The van der Waals surface area contributed by atoms with Gasteiger partial charge in [0.05, 0.1) is 14.2 Å². The molecule has 3 heteroatoms. The van der Waals surface area contributed by atoms with Gasteiger partial charge in [0.15, 0.2) is 11.5 Å². The number of ether oxygens (including phenoxy) is 2. The number of nitrogens with two attached hydrogens (primary N) is 1. The Morgan fingerprint density at radius 2 is 1.37 bits per heavy atom. The van der Waals surface area contributed by atoms with Crippen molar-refractivity contribution in [2.24, 2.45) is 5.73 Å². The molecule has 0 aliphatic heterocycles. The molecule has 2 aromatic rings. The Hall–Kier alpha value is -2.00. The second-order valence-corrected chi connectivity index (χ2v) is 4.39. The van der Waals surface area contributed by atoms with Crippen LogP contribution in [0.4, 0.5) is 0 Å². The Morgan fingerprint density at radius 3 is 1.95 bits per heavy atom. The van der Waals surface area contributed by atoms with Gasteiger partial charge in [-0.3, -0.25) is 0 Å². The fourth-order valence-electron chi connectivity index (χ4n) is 2.02. The third-order valence-corrected chi connectivity index (χ3v) is 3.11. The first kappa shape index (κ1) is 13.4. The highest BCUT2D eigenvalue weighted by Crippen LogP contribution is 2.28. The van der Waals surface area contributed by atoms with E-state index in [9.17, 15) is 0 Å². The molecule has 0 fully saturated rings. The van der Waals surface area contributed by atoms with Crippen LogP contribution < -0.4 is 15.2 Å². The maximum absolute atomic E-state index is 5.59. The first-order valence-electron chi connectivity index (χ1n) is 6.25. The molecule has 2 rings (SSSR count). The summed E-state index contributed by atoms with van der Waals surface area (Å²) in [4.78, 5) is 0. The van der Waals surface area contributed by atoms with Crippen LogP contribution in [0, 0.1) is 0 Å². The van der Waals surface area contributed by atoms with E-state index in [1.165, 1.54) is 11.1 Å². The summed E-state index contributed by atoms with van der Waals surface area (Å²) in [5, 5.41) is 0. The minimum Gasteiger partial charge on any atom is -0.493 e. The van der Waals surface area contributed by atoms with E-state index >= 15 is 0 Å². The Bertz CT molecular complexity index is 535. The van der Waals surface area contributed by atoms with E-state index in [4.69, 9.17) is 15.2 Å². The summed E-state index contributed by atoms with van der Waals surface area (Å²) in [5.74, 6) is 1.52. The maximum Gasteiger partial charge on any atom is 0.160 e. The molecule has 0 saturated heterocycles. The van der Waals surface area contributed by atoms with Crippen LogP contribution in [0.5, 0.6) is 11.5 Å². The quantitative estimate of drug-likeness (QED) is 0.895. The lowest BCUT2D eigenvalue weighted by molar-refractivity contribution is 0.354. The molecule has 2 aromatic carbocycles. The minimum absolute atomic E-state index is 0.580. The summed E-state index contributed by atoms with van der Waals surface area (Å²) in [6, 6.07) is 14.3. The van der Waals surface area contributed by atoms with E-state index in [1.54, 1.807) is 14.2 Å². The van der Waals surface area contributed by atoms with Crippen LogP contribution in [-0.2, 0) is 13.0 Å². The number of hydrogen-bond acceptors (Lipinski definition) is 3. The molecule has 0 aliphatic carbocycles. The molecule has 2 N–H and O–H groups in total. The number of hydrogen-bond donors (Lipinski definition) is 1. The molecule has 0 aromatic heterocycles. The SMILES string of the molecule is COc1ccc(Cc2ccc(CN)cc2)cc1OC. The van der Waals surface area contributed by atoms with E-state index in [0.29, 0.717) is 6.54 Å². The average Bonchev–Trinajstić information content (AvgIpc) is 2.48. The van der Waals surface area contributed by atoms with Crippen molar-refractivity contribution in [3.05, 3.63) is 59.2 Å². The van der Waals surface area contributed by atoms with Gasteiger partial charge in [0.2, 0.25) is 0 Å². The first-order chi connectivity index (χ1) is 9.26. The van der Waals surface area contributed by atoms with Crippen LogP contribution in [0.3, 0.4) is 0 Å². The highest BCUT2D eigenvalue weighted by Gasteiger charge is 2.05. The van der Waals surface area contributed by atoms with Gasteiger partial charge in [-0.15, -0.1) is 0 Å². The summed E-state index contributed by atoms with van der Waals surface area (Å²) in [7, 11) is 3.29. The van der Waals surface area contributed by atoms with E-state index in [1.807, 2.05) is 12.1 Å². The lowest BCUT2D eigenvalue weighted by Crippen LogP contribution is -1.97. The lowest BCUT2D eigenvalue weighted by Gasteiger charge is -2.10. The van der Waals surface area contributed by atoms with E-state index in [0.717, 1.165) is 23.5 Å². The molecular weight excluding hydrogens is 238 g/mol. The van der Waals surface area contributed by atoms with Crippen molar-refractivity contribution in [3.63, 3.8) is 0 Å². The van der Waals surface area contributed by atoms with Crippen molar-refractivity contribution in [1.29, 1.82) is 0 Å². The van der Waals surface area contributed by atoms with Crippen molar-refractivity contribution >= 4 is 0 Å². The smallest absolute Gasteiger partial charge is 0.160 e. The Balaban J connectivity index is 2.18. The standard InChI is InChI=1S/C16H19NO2/c1-18-15-8-7-14(10-16(15)19-2)9-12-3-5-13(11-17)6-4-12/h3-8,10H,9,11,17H2,1-2H3. The highest BCUT2D eigenvalue weighted by atomic mass is 16.5. The Morgan fingerprint density at radius 1 is 0.789 bits per heavy atom. The van der Waals surface area contributed by atoms with Gasteiger partial charge < -0.3 is 15.2 Å². The second-order valence-electron chi connectivity index (χ2n) is 4.39. The van der Waals surface area contributed by atoms with Gasteiger partial charge in [0.25, 0.3) is 0 Å². The molecule has 0 bridgehead atoms. The molecule has 0 heterocycles. The summed E-state index contributed by atoms with van der Waals surface area (Å²) in [6.45, 7) is 0.580. The topological polar surface area (TPSA) is 44.5 Å². The summed E-state index contributed by atoms with van der Waals surface area (Å²) in [5.41, 5.74) is 9.19. The fourth-order valence-corrected chi connectivity index (χ4v) is 2.02. The summed E-state index contributed by atoms with van der Waals surface area (Å²) in [6.07, 6.45) is 0.866. The molecule has 19 heavy (non-hydrogen) atoms. The van der Waals surface area contributed by atoms with Crippen LogP contribution in [-0.4, -0.2) is 14.2 Å². The molecule has 0 atom stereocenters. The molecule has 0 saturated carbocycles. The van der Waals surface area contributed by atoms with Crippen molar-refractivity contribution < 1.29 is 9.47 Å². The number of methoxy groups -OCH3 is 2. The van der Waals surface area contributed by atoms with Crippen LogP contribution >= 0.6 is 0 Å². The summed E-state index contributed by atoms with van der Waals surface area (Å²) < 4.78 is 10.5. The van der Waals surface area contributed by atoms with Crippen molar-refractivity contribution in [2.45, 2.75) is 13.0 Å². The second kappa shape index (κ2) is 6.25. The lowest BCUT2D eigenvalue weighted by atomic mass is 10.0. The van der Waals surface area contributed by atoms with E-state index in [-0.39, 0.29) is 0 Å². The predicted molar refractivity (Wildman–Crippen MR) is 76.7 cm³/mol. The zero-order valence-electron chi connectivity index (χ0n) is 11.3.